The zero-order valence-corrected chi connectivity index (χ0v) is 25.5. The molecule has 2 amide bonds. The van der Waals surface area contributed by atoms with Gasteiger partial charge in [-0.15, -0.1) is 0 Å². The largest absolute Gasteiger partial charge is 0.494 e. The van der Waals surface area contributed by atoms with Gasteiger partial charge in [0.25, 0.3) is 0 Å². The average Bonchev–Trinajstić information content (AvgIpc) is 3.31. The number of halogens is 1. The number of methoxy groups -OCH3 is 1. The van der Waals surface area contributed by atoms with Gasteiger partial charge in [-0.05, 0) is 77.4 Å². The van der Waals surface area contributed by atoms with E-state index in [1.807, 2.05) is 31.2 Å². The lowest BCUT2D eigenvalue weighted by Crippen LogP contribution is -2.47. The summed E-state index contributed by atoms with van der Waals surface area (Å²) in [6.07, 6.45) is 4.81. The number of rotatable bonds is 7. The molecule has 216 valence electrons. The Hall–Kier alpha value is -4.19. The summed E-state index contributed by atoms with van der Waals surface area (Å²) in [6.45, 7) is 7.06. The summed E-state index contributed by atoms with van der Waals surface area (Å²) < 4.78 is 7.85. The minimum absolute atomic E-state index is 0.0403. The van der Waals surface area contributed by atoms with Gasteiger partial charge in [-0.1, -0.05) is 13.0 Å². The number of pyridine rings is 1. The third-order valence-corrected chi connectivity index (χ3v) is 8.73. The van der Waals surface area contributed by atoms with Crippen molar-refractivity contribution >= 4 is 50.2 Å². The lowest BCUT2D eigenvalue weighted by Gasteiger charge is -2.27. The van der Waals surface area contributed by atoms with Gasteiger partial charge in [0.15, 0.2) is 5.78 Å². The molecule has 2 fully saturated rings. The van der Waals surface area contributed by atoms with E-state index >= 15 is 0 Å². The molecule has 1 aliphatic carbocycles. The minimum atomic E-state index is -0.648. The van der Waals surface area contributed by atoms with Crippen molar-refractivity contribution in [3.05, 3.63) is 58.3 Å². The summed E-state index contributed by atoms with van der Waals surface area (Å²) in [6, 6.07) is 6.64. The molecule has 3 atom stereocenters. The van der Waals surface area contributed by atoms with E-state index in [0.717, 1.165) is 23.1 Å². The molecular formula is C30H30BrN7O4. The SMILES string of the molecule is COc1cc(-c2cnc(C)nc2)cc2c(C(C)=O)nn(CC(=O)N3[C@H](C(=O)Nc4nc(Br)ccc4C)C[C@@]4(C)C[C@@H]34)c12. The molecule has 2 aliphatic rings. The molecular weight excluding hydrogens is 602 g/mol. The van der Waals surface area contributed by atoms with E-state index in [2.05, 4.69) is 48.2 Å². The van der Waals surface area contributed by atoms with Crippen LogP contribution in [0.2, 0.25) is 0 Å². The summed E-state index contributed by atoms with van der Waals surface area (Å²) in [7, 11) is 1.53. The normalized spacial score (nSPS) is 20.9. The third-order valence-electron chi connectivity index (χ3n) is 8.29. The zero-order chi connectivity index (χ0) is 29.9. The van der Waals surface area contributed by atoms with E-state index in [0.29, 0.717) is 39.3 Å². The highest BCUT2D eigenvalue weighted by Gasteiger charge is 2.64. The molecule has 1 saturated carbocycles. The fraction of sp³-hybridized carbons (Fsp3) is 0.367. The van der Waals surface area contributed by atoms with Crippen molar-refractivity contribution in [3.63, 3.8) is 0 Å². The van der Waals surface area contributed by atoms with Crippen molar-refractivity contribution in [2.24, 2.45) is 5.41 Å². The number of amides is 2. The lowest BCUT2D eigenvalue weighted by molar-refractivity contribution is -0.138. The Bertz CT molecular complexity index is 1770. The molecule has 3 aromatic heterocycles. The van der Waals surface area contributed by atoms with E-state index in [1.165, 1.54) is 18.7 Å². The Morgan fingerprint density at radius 1 is 1.12 bits per heavy atom. The van der Waals surface area contributed by atoms with E-state index in [1.54, 1.807) is 24.2 Å². The maximum absolute atomic E-state index is 13.9. The number of fused-ring (bicyclic) bond motifs is 2. The molecule has 0 unspecified atom stereocenters. The van der Waals surface area contributed by atoms with E-state index in [9.17, 15) is 14.4 Å². The van der Waals surface area contributed by atoms with Gasteiger partial charge in [0.1, 0.15) is 45.8 Å². The van der Waals surface area contributed by atoms with Gasteiger partial charge >= 0.3 is 0 Å². The van der Waals surface area contributed by atoms with Crippen molar-refractivity contribution in [2.45, 2.75) is 59.2 Å². The Balaban J connectivity index is 1.34. The van der Waals surface area contributed by atoms with Crippen LogP contribution in [0.25, 0.3) is 22.0 Å². The van der Waals surface area contributed by atoms with Crippen molar-refractivity contribution in [2.75, 3.05) is 12.4 Å². The molecule has 0 radical (unpaired) electrons. The van der Waals surface area contributed by atoms with Crippen LogP contribution in [0.3, 0.4) is 0 Å². The molecule has 1 N–H and O–H groups in total. The van der Waals surface area contributed by atoms with Crippen molar-refractivity contribution in [1.29, 1.82) is 0 Å². The molecule has 0 bridgehead atoms. The molecule has 0 spiro atoms. The number of ether oxygens (including phenoxy) is 1. The number of nitrogens with one attached hydrogen (secondary N) is 1. The highest BCUT2D eigenvalue weighted by atomic mass is 79.9. The van der Waals surface area contributed by atoms with Gasteiger partial charge in [0, 0.05) is 36.3 Å². The number of aromatic nitrogens is 5. The smallest absolute Gasteiger partial charge is 0.248 e. The molecule has 1 aliphatic heterocycles. The molecule has 4 aromatic rings. The predicted octanol–water partition coefficient (Wildman–Crippen LogP) is 4.50. The number of aryl methyl sites for hydroxylation is 2. The lowest BCUT2D eigenvalue weighted by atomic mass is 10.0. The maximum Gasteiger partial charge on any atom is 0.248 e. The maximum atomic E-state index is 13.9. The number of Topliss-reactive ketones (excluding diaryl/α,β-unsaturated/α-hetero) is 1. The predicted molar refractivity (Wildman–Crippen MR) is 159 cm³/mol. The van der Waals surface area contributed by atoms with Crippen LogP contribution in [0.4, 0.5) is 5.82 Å². The Labute approximate surface area is 250 Å². The number of likely N-dealkylation sites (tertiary alicyclic amines) is 1. The van der Waals surface area contributed by atoms with Crippen LogP contribution in [-0.2, 0) is 16.1 Å². The van der Waals surface area contributed by atoms with Crippen LogP contribution in [0.5, 0.6) is 5.75 Å². The topological polar surface area (TPSA) is 132 Å². The number of hydrogen-bond donors (Lipinski definition) is 1. The number of benzene rings is 1. The molecule has 6 rings (SSSR count). The highest BCUT2D eigenvalue weighted by Crippen LogP contribution is 2.59. The first kappa shape index (κ1) is 28.0. The summed E-state index contributed by atoms with van der Waals surface area (Å²) in [5, 5.41) is 8.05. The summed E-state index contributed by atoms with van der Waals surface area (Å²) in [5.41, 5.74) is 2.98. The van der Waals surface area contributed by atoms with Gasteiger partial charge in [-0.2, -0.15) is 5.10 Å². The van der Waals surface area contributed by atoms with Gasteiger partial charge in [0.2, 0.25) is 11.8 Å². The van der Waals surface area contributed by atoms with E-state index in [-0.39, 0.29) is 41.3 Å². The molecule has 42 heavy (non-hydrogen) atoms. The van der Waals surface area contributed by atoms with Crippen molar-refractivity contribution in [3.8, 4) is 16.9 Å². The number of carbonyl (C=O) groups excluding carboxylic acids is 3. The van der Waals surface area contributed by atoms with Gasteiger partial charge in [-0.3, -0.25) is 19.1 Å². The first-order chi connectivity index (χ1) is 20.0. The van der Waals surface area contributed by atoms with E-state index in [4.69, 9.17) is 4.74 Å². The standard InChI is InChI=1S/C30H30BrN7O4/c1-15-6-7-24(31)34-28(15)35-29(41)21-10-30(4)11-23(30)38(21)25(40)14-37-27-20(26(36-37)16(2)39)8-18(9-22(27)42-5)19-12-32-17(3)33-13-19/h6-9,12-13,21,23H,10-11,14H2,1-5H3,(H,34,35,41)/t21-,23+,30-/m0/s1. The Morgan fingerprint density at radius 3 is 2.55 bits per heavy atom. The number of nitrogens with zero attached hydrogens (tertiary/aromatic N) is 6. The Morgan fingerprint density at radius 2 is 1.86 bits per heavy atom. The van der Waals surface area contributed by atoms with Crippen LogP contribution < -0.4 is 10.1 Å². The number of anilines is 1. The number of ketones is 1. The summed E-state index contributed by atoms with van der Waals surface area (Å²) in [4.78, 5) is 54.8. The highest BCUT2D eigenvalue weighted by molar-refractivity contribution is 9.10. The number of hydrogen-bond acceptors (Lipinski definition) is 8. The van der Waals surface area contributed by atoms with Crippen LogP contribution in [0, 0.1) is 19.3 Å². The average molecular weight is 633 g/mol. The van der Waals surface area contributed by atoms with Gasteiger partial charge in [0.05, 0.1) is 7.11 Å². The molecule has 11 nitrogen and oxygen atoms in total. The van der Waals surface area contributed by atoms with Crippen LogP contribution in [-0.4, -0.2) is 66.4 Å². The van der Waals surface area contributed by atoms with Gasteiger partial charge in [-0.25, -0.2) is 15.0 Å². The quantitative estimate of drug-likeness (QED) is 0.233. The monoisotopic (exact) mass is 631 g/mol. The fourth-order valence-corrected chi connectivity index (χ4v) is 6.23. The molecule has 1 aromatic carbocycles. The second kappa shape index (κ2) is 10.3. The van der Waals surface area contributed by atoms with Crippen LogP contribution in [0.1, 0.15) is 48.6 Å². The second-order valence-electron chi connectivity index (χ2n) is 11.3. The summed E-state index contributed by atoms with van der Waals surface area (Å²) >= 11 is 3.35. The first-order valence-corrected chi connectivity index (χ1v) is 14.4. The summed E-state index contributed by atoms with van der Waals surface area (Å²) in [5.74, 6) is 0.790. The first-order valence-electron chi connectivity index (χ1n) is 13.6. The minimum Gasteiger partial charge on any atom is -0.494 e. The van der Waals surface area contributed by atoms with Crippen LogP contribution in [0.15, 0.2) is 41.3 Å². The molecule has 12 heteroatoms. The third kappa shape index (κ3) is 4.83. The Kier molecular flexibility index (Phi) is 6.83. The van der Waals surface area contributed by atoms with Gasteiger partial charge < -0.3 is 15.0 Å². The zero-order valence-electron chi connectivity index (χ0n) is 23.9. The number of carbonyl (C=O) groups is 3. The second-order valence-corrected chi connectivity index (χ2v) is 12.2. The van der Waals surface area contributed by atoms with Crippen LogP contribution >= 0.6 is 15.9 Å². The fourth-order valence-electron chi connectivity index (χ4n) is 5.92. The number of piperidine rings is 1. The van der Waals surface area contributed by atoms with Crippen molar-refractivity contribution < 1.29 is 19.1 Å². The molecule has 1 saturated heterocycles. The van der Waals surface area contributed by atoms with Crippen molar-refractivity contribution in [1.82, 2.24) is 29.6 Å². The van der Waals surface area contributed by atoms with E-state index < -0.39 is 6.04 Å². The molecule has 4 heterocycles.